The first-order chi connectivity index (χ1) is 16.3. The van der Waals surface area contributed by atoms with E-state index < -0.39 is 18.3 Å². The second-order valence-corrected chi connectivity index (χ2v) is 8.21. The van der Waals surface area contributed by atoms with Crippen LogP contribution in [0.4, 0.5) is 31.9 Å². The van der Waals surface area contributed by atoms with Gasteiger partial charge in [0.2, 0.25) is 5.95 Å². The number of nitrogens with one attached hydrogen (secondary N) is 2. The standard InChI is InChI=1S/C23H23F2N7O2/c1-12-20(14-5-3-4-6-16(14)32-10-18(24)31(2)19(25)11-32)29-22(26)30-21(12)27-13-7-8-17-15(9-13)28-23(33)34-17/h3-9,18-19H,10-11H2,1-2H3,(H,28,33)(H3,26,27,29,30). The van der Waals surface area contributed by atoms with Crippen molar-refractivity contribution < 1.29 is 13.2 Å². The number of fused-ring (bicyclic) bond motifs is 1. The molecule has 0 spiro atoms. The van der Waals surface area contributed by atoms with E-state index in [0.717, 1.165) is 4.90 Å². The highest BCUT2D eigenvalue weighted by atomic mass is 19.2. The van der Waals surface area contributed by atoms with Gasteiger partial charge in [-0.1, -0.05) is 18.2 Å². The molecule has 4 aromatic rings. The van der Waals surface area contributed by atoms with Crippen molar-refractivity contribution in [3.05, 3.63) is 58.6 Å². The molecule has 2 unspecified atom stereocenters. The number of nitrogen functional groups attached to an aromatic ring is 1. The number of hydrogen-bond acceptors (Lipinski definition) is 8. The van der Waals surface area contributed by atoms with Crippen LogP contribution in [0.15, 0.2) is 51.7 Å². The largest absolute Gasteiger partial charge is 0.417 e. The molecule has 2 aromatic heterocycles. The van der Waals surface area contributed by atoms with Gasteiger partial charge in [0.1, 0.15) is 5.82 Å². The molecule has 0 saturated carbocycles. The van der Waals surface area contributed by atoms with Crippen molar-refractivity contribution in [1.82, 2.24) is 19.9 Å². The van der Waals surface area contributed by atoms with Crippen molar-refractivity contribution in [2.24, 2.45) is 0 Å². The number of hydrogen-bond donors (Lipinski definition) is 3. The molecule has 1 aliphatic rings. The van der Waals surface area contributed by atoms with Crippen molar-refractivity contribution in [3.63, 3.8) is 0 Å². The van der Waals surface area contributed by atoms with Crippen LogP contribution in [0.1, 0.15) is 5.56 Å². The molecule has 4 N–H and O–H groups in total. The summed E-state index contributed by atoms with van der Waals surface area (Å²) in [6.07, 6.45) is -2.87. The van der Waals surface area contributed by atoms with Crippen LogP contribution < -0.4 is 21.7 Å². The maximum Gasteiger partial charge on any atom is 0.417 e. The zero-order valence-corrected chi connectivity index (χ0v) is 18.5. The number of para-hydroxylation sites is 1. The monoisotopic (exact) mass is 467 g/mol. The van der Waals surface area contributed by atoms with Crippen molar-refractivity contribution in [3.8, 4) is 11.3 Å². The van der Waals surface area contributed by atoms with Crippen LogP contribution in [0.2, 0.25) is 0 Å². The summed E-state index contributed by atoms with van der Waals surface area (Å²) in [5.41, 5.74) is 10.3. The molecular weight excluding hydrogens is 444 g/mol. The third kappa shape index (κ3) is 3.94. The highest BCUT2D eigenvalue weighted by molar-refractivity contribution is 5.83. The van der Waals surface area contributed by atoms with Crippen LogP contribution in [0.3, 0.4) is 0 Å². The second-order valence-electron chi connectivity index (χ2n) is 8.21. The molecule has 0 radical (unpaired) electrons. The highest BCUT2D eigenvalue weighted by Gasteiger charge is 2.33. The van der Waals surface area contributed by atoms with E-state index in [0.29, 0.717) is 45.1 Å². The summed E-state index contributed by atoms with van der Waals surface area (Å²) in [6, 6.07) is 12.4. The Morgan fingerprint density at radius 1 is 1.15 bits per heavy atom. The van der Waals surface area contributed by atoms with Gasteiger partial charge in [-0.2, -0.15) is 4.98 Å². The third-order valence-electron chi connectivity index (χ3n) is 5.97. The Hall–Kier alpha value is -3.99. The molecule has 0 aliphatic carbocycles. The Balaban J connectivity index is 1.53. The van der Waals surface area contributed by atoms with E-state index in [4.69, 9.17) is 10.2 Å². The molecule has 9 nitrogen and oxygen atoms in total. The van der Waals surface area contributed by atoms with Crippen LogP contribution >= 0.6 is 0 Å². The number of benzene rings is 2. The topological polar surface area (TPSA) is 116 Å². The van der Waals surface area contributed by atoms with Crippen molar-refractivity contribution in [1.29, 1.82) is 0 Å². The van der Waals surface area contributed by atoms with Crippen LogP contribution in [0.25, 0.3) is 22.4 Å². The number of aromatic nitrogens is 3. The predicted molar refractivity (Wildman–Crippen MR) is 127 cm³/mol. The normalized spacial score (nSPS) is 19.0. The summed E-state index contributed by atoms with van der Waals surface area (Å²) in [7, 11) is 1.43. The molecule has 0 bridgehead atoms. The van der Waals surface area contributed by atoms with Crippen molar-refractivity contribution in [2.45, 2.75) is 19.5 Å². The van der Waals surface area contributed by atoms with E-state index in [1.165, 1.54) is 7.05 Å². The van der Waals surface area contributed by atoms with Gasteiger partial charge in [0.15, 0.2) is 18.2 Å². The van der Waals surface area contributed by atoms with Crippen LogP contribution in [-0.4, -0.2) is 52.6 Å². The summed E-state index contributed by atoms with van der Waals surface area (Å²) in [5.74, 6) is -0.0307. The van der Waals surface area contributed by atoms with Gasteiger partial charge < -0.3 is 20.4 Å². The molecule has 1 saturated heterocycles. The molecule has 2 atom stereocenters. The number of H-pyrrole nitrogens is 1. The van der Waals surface area contributed by atoms with Gasteiger partial charge >= 0.3 is 5.76 Å². The van der Waals surface area contributed by atoms with Gasteiger partial charge in [-0.05, 0) is 38.2 Å². The minimum Gasteiger partial charge on any atom is -0.408 e. The first kappa shape index (κ1) is 21.8. The molecule has 0 amide bonds. The predicted octanol–water partition coefficient (Wildman–Crippen LogP) is 3.56. The van der Waals surface area contributed by atoms with E-state index in [1.54, 1.807) is 23.1 Å². The molecular formula is C23H23F2N7O2. The number of likely N-dealkylation sites (N-methyl/N-ethyl adjacent to an activating group) is 1. The Bertz CT molecular complexity index is 1410. The minimum atomic E-state index is -1.44. The Labute approximate surface area is 193 Å². The fraction of sp³-hybridized carbons (Fsp3) is 0.261. The van der Waals surface area contributed by atoms with Gasteiger partial charge in [0.05, 0.1) is 24.3 Å². The molecule has 34 heavy (non-hydrogen) atoms. The number of aromatic amines is 1. The number of rotatable bonds is 4. The van der Waals surface area contributed by atoms with E-state index in [1.807, 2.05) is 31.2 Å². The summed E-state index contributed by atoms with van der Waals surface area (Å²) in [6.45, 7) is 1.90. The second kappa shape index (κ2) is 8.41. The lowest BCUT2D eigenvalue weighted by Gasteiger charge is -2.39. The van der Waals surface area contributed by atoms with E-state index in [9.17, 15) is 13.6 Å². The molecule has 1 aliphatic heterocycles. The fourth-order valence-electron chi connectivity index (χ4n) is 4.10. The third-order valence-corrected chi connectivity index (χ3v) is 5.97. The van der Waals surface area contributed by atoms with Crippen molar-refractivity contribution >= 4 is 34.2 Å². The molecule has 2 aromatic carbocycles. The van der Waals surface area contributed by atoms with Crippen LogP contribution in [-0.2, 0) is 0 Å². The van der Waals surface area contributed by atoms with Gasteiger partial charge in [-0.3, -0.25) is 4.98 Å². The zero-order chi connectivity index (χ0) is 24.0. The van der Waals surface area contributed by atoms with Gasteiger partial charge in [0, 0.05) is 22.5 Å². The SMILES string of the molecule is Cc1c(Nc2ccc3oc(=O)[nH]c3c2)nc(N)nc1-c1ccccc1N1CC(F)N(C)C(F)C1. The van der Waals surface area contributed by atoms with Crippen LogP contribution in [0, 0.1) is 6.92 Å². The van der Waals surface area contributed by atoms with Gasteiger partial charge in [-0.25, -0.2) is 23.5 Å². The summed E-state index contributed by atoms with van der Waals surface area (Å²) >= 11 is 0. The number of nitrogens with zero attached hydrogens (tertiary/aromatic N) is 4. The average molecular weight is 467 g/mol. The average Bonchev–Trinajstić information content (AvgIpc) is 3.18. The zero-order valence-electron chi connectivity index (χ0n) is 18.5. The molecule has 1 fully saturated rings. The number of anilines is 4. The van der Waals surface area contributed by atoms with Gasteiger partial charge in [-0.15, -0.1) is 0 Å². The molecule has 5 rings (SSSR count). The van der Waals surface area contributed by atoms with Crippen molar-refractivity contribution in [2.75, 3.05) is 36.1 Å². The molecule has 176 valence electrons. The number of alkyl halides is 2. The Morgan fingerprint density at radius 3 is 2.65 bits per heavy atom. The number of oxazole rings is 1. The van der Waals surface area contributed by atoms with Gasteiger partial charge in [0.25, 0.3) is 0 Å². The first-order valence-electron chi connectivity index (χ1n) is 10.7. The quantitative estimate of drug-likeness (QED) is 0.390. The lowest BCUT2D eigenvalue weighted by Crippen LogP contribution is -2.54. The number of nitrogens with two attached hydrogens (primary N) is 1. The lowest BCUT2D eigenvalue weighted by atomic mass is 10.0. The number of piperazine rings is 1. The maximum atomic E-state index is 14.4. The summed E-state index contributed by atoms with van der Waals surface area (Å²) in [4.78, 5) is 25.6. The lowest BCUT2D eigenvalue weighted by molar-refractivity contribution is -0.00967. The highest BCUT2D eigenvalue weighted by Crippen LogP contribution is 2.36. The summed E-state index contributed by atoms with van der Waals surface area (Å²) < 4.78 is 33.9. The maximum absolute atomic E-state index is 14.4. The number of halogens is 2. The van der Waals surface area contributed by atoms with Crippen LogP contribution in [0.5, 0.6) is 0 Å². The molecule has 3 heterocycles. The Morgan fingerprint density at radius 2 is 1.88 bits per heavy atom. The fourth-order valence-corrected chi connectivity index (χ4v) is 4.10. The van der Waals surface area contributed by atoms with E-state index in [-0.39, 0.29) is 19.0 Å². The Kier molecular flexibility index (Phi) is 5.40. The molecule has 11 heteroatoms. The minimum absolute atomic E-state index is 0.0293. The van der Waals surface area contributed by atoms with E-state index in [2.05, 4.69) is 20.3 Å². The smallest absolute Gasteiger partial charge is 0.408 e. The van der Waals surface area contributed by atoms with E-state index >= 15 is 0 Å². The first-order valence-corrected chi connectivity index (χ1v) is 10.7. The summed E-state index contributed by atoms with van der Waals surface area (Å²) in [5, 5.41) is 3.21.